The largest absolute Gasteiger partial charge is 0.461 e. The summed E-state index contributed by atoms with van der Waals surface area (Å²) in [6, 6.07) is 8.02. The van der Waals surface area contributed by atoms with Gasteiger partial charge in [-0.05, 0) is 26.1 Å². The number of thiazole rings is 1. The lowest BCUT2D eigenvalue weighted by atomic mass is 10.1. The van der Waals surface area contributed by atoms with Crippen LogP contribution in [0.4, 0.5) is 0 Å². The van der Waals surface area contributed by atoms with Gasteiger partial charge in [0.2, 0.25) is 5.13 Å². The van der Waals surface area contributed by atoms with Crippen LogP contribution >= 0.6 is 11.3 Å². The Bertz CT molecular complexity index is 882. The van der Waals surface area contributed by atoms with Gasteiger partial charge in [0.15, 0.2) is 5.69 Å². The molecule has 0 amide bonds. The zero-order valence-electron chi connectivity index (χ0n) is 13.7. The van der Waals surface area contributed by atoms with Gasteiger partial charge in [-0.15, -0.1) is 0 Å². The van der Waals surface area contributed by atoms with E-state index in [2.05, 4.69) is 15.0 Å². The summed E-state index contributed by atoms with van der Waals surface area (Å²) in [6.07, 6.45) is 0.841. The van der Waals surface area contributed by atoms with E-state index < -0.39 is 0 Å². The van der Waals surface area contributed by atoms with Crippen LogP contribution in [0.25, 0.3) is 15.3 Å². The Morgan fingerprint density at radius 1 is 1.38 bits per heavy atom. The lowest BCUT2D eigenvalue weighted by Gasteiger charge is -2.22. The van der Waals surface area contributed by atoms with Crippen LogP contribution in [0.5, 0.6) is 0 Å². The number of carbonyl (C=O) groups is 1. The maximum absolute atomic E-state index is 12.3. The molecule has 3 aromatic rings. The van der Waals surface area contributed by atoms with Crippen molar-refractivity contribution in [3.63, 3.8) is 0 Å². The summed E-state index contributed by atoms with van der Waals surface area (Å²) < 4.78 is 8.13. The maximum atomic E-state index is 12.3. The van der Waals surface area contributed by atoms with Crippen LogP contribution in [0, 0.1) is 0 Å². The second kappa shape index (κ2) is 5.99. The molecule has 3 heterocycles. The molecule has 0 spiro atoms. The van der Waals surface area contributed by atoms with E-state index in [1.807, 2.05) is 36.0 Å². The van der Waals surface area contributed by atoms with Crippen LogP contribution in [-0.2, 0) is 17.7 Å². The number of nitrogens with zero attached hydrogens (tertiary/aromatic N) is 4. The molecule has 1 aliphatic heterocycles. The van der Waals surface area contributed by atoms with Crippen molar-refractivity contribution in [1.29, 1.82) is 0 Å². The normalized spacial score (nSPS) is 14.8. The molecule has 0 bridgehead atoms. The number of hydrogen-bond acceptors (Lipinski definition) is 6. The van der Waals surface area contributed by atoms with Gasteiger partial charge in [0.1, 0.15) is 0 Å². The van der Waals surface area contributed by atoms with Crippen molar-refractivity contribution in [3.8, 4) is 5.13 Å². The minimum Gasteiger partial charge on any atom is -0.461 e. The van der Waals surface area contributed by atoms with E-state index in [9.17, 15) is 4.79 Å². The highest BCUT2D eigenvalue weighted by molar-refractivity contribution is 7.20. The molecule has 0 radical (unpaired) electrons. The highest BCUT2D eigenvalue weighted by Crippen LogP contribution is 2.29. The van der Waals surface area contributed by atoms with Crippen LogP contribution in [0.15, 0.2) is 24.3 Å². The van der Waals surface area contributed by atoms with E-state index in [0.29, 0.717) is 18.8 Å². The van der Waals surface area contributed by atoms with Gasteiger partial charge in [-0.25, -0.2) is 14.5 Å². The van der Waals surface area contributed by atoms with Gasteiger partial charge < -0.3 is 9.64 Å². The first-order valence-corrected chi connectivity index (χ1v) is 8.81. The molecule has 0 saturated carbocycles. The molecule has 6 nitrogen and oxygen atoms in total. The highest BCUT2D eigenvalue weighted by Gasteiger charge is 2.29. The Morgan fingerprint density at radius 2 is 2.21 bits per heavy atom. The topological polar surface area (TPSA) is 60.2 Å². The standard InChI is InChI=1S/C17H18N4O2S/c1-3-23-16(22)15-11-10-20(2)9-8-13(11)21(19-15)17-18-12-6-4-5-7-14(12)24-17/h4-7H,3,8-10H2,1-2H3. The number of aromatic nitrogens is 3. The van der Waals surface area contributed by atoms with Crippen molar-refractivity contribution < 1.29 is 9.53 Å². The lowest BCUT2D eigenvalue weighted by molar-refractivity contribution is 0.0516. The third-order valence-electron chi connectivity index (χ3n) is 4.18. The van der Waals surface area contributed by atoms with Gasteiger partial charge >= 0.3 is 5.97 Å². The Kier molecular flexibility index (Phi) is 3.82. The molecule has 1 aromatic carbocycles. The molecule has 124 valence electrons. The molecular weight excluding hydrogens is 324 g/mol. The Hall–Kier alpha value is -2.25. The zero-order chi connectivity index (χ0) is 16.7. The molecule has 2 aromatic heterocycles. The van der Waals surface area contributed by atoms with E-state index in [1.54, 1.807) is 18.3 Å². The van der Waals surface area contributed by atoms with Crippen LogP contribution in [0.1, 0.15) is 28.7 Å². The molecule has 4 rings (SSSR count). The summed E-state index contributed by atoms with van der Waals surface area (Å²) in [5.41, 5.74) is 3.39. The number of rotatable bonds is 3. The van der Waals surface area contributed by atoms with Gasteiger partial charge in [0.05, 0.1) is 22.5 Å². The molecule has 0 N–H and O–H groups in total. The maximum Gasteiger partial charge on any atom is 0.359 e. The van der Waals surface area contributed by atoms with Crippen molar-refractivity contribution in [3.05, 3.63) is 41.2 Å². The SMILES string of the molecule is CCOC(=O)c1nn(-c2nc3ccccc3s2)c2c1CN(C)CC2. The Labute approximate surface area is 143 Å². The van der Waals surface area contributed by atoms with Gasteiger partial charge in [-0.2, -0.15) is 5.10 Å². The van der Waals surface area contributed by atoms with Crippen LogP contribution in [0.2, 0.25) is 0 Å². The molecule has 7 heteroatoms. The number of para-hydroxylation sites is 1. The number of esters is 1. The molecule has 0 fully saturated rings. The van der Waals surface area contributed by atoms with Gasteiger partial charge in [-0.1, -0.05) is 23.5 Å². The van der Waals surface area contributed by atoms with E-state index in [4.69, 9.17) is 4.74 Å². The van der Waals surface area contributed by atoms with Crippen molar-refractivity contribution in [2.75, 3.05) is 20.2 Å². The molecular formula is C17H18N4O2S. The third-order valence-corrected chi connectivity index (χ3v) is 5.19. The summed E-state index contributed by atoms with van der Waals surface area (Å²) in [5, 5.41) is 5.37. The number of benzene rings is 1. The van der Waals surface area contributed by atoms with Crippen LogP contribution in [0.3, 0.4) is 0 Å². The molecule has 0 aliphatic carbocycles. The van der Waals surface area contributed by atoms with Gasteiger partial charge in [-0.3, -0.25) is 0 Å². The third kappa shape index (κ3) is 2.50. The van der Waals surface area contributed by atoms with E-state index in [0.717, 1.165) is 39.6 Å². The van der Waals surface area contributed by atoms with Crippen molar-refractivity contribution in [1.82, 2.24) is 19.7 Å². The zero-order valence-corrected chi connectivity index (χ0v) is 14.5. The first-order chi connectivity index (χ1) is 11.7. The van der Waals surface area contributed by atoms with Gasteiger partial charge in [0.25, 0.3) is 0 Å². The summed E-state index contributed by atoms with van der Waals surface area (Å²) in [6.45, 7) is 3.79. The second-order valence-corrected chi connectivity index (χ2v) is 6.87. The number of likely N-dealkylation sites (N-methyl/N-ethyl adjacent to an activating group) is 1. The molecule has 24 heavy (non-hydrogen) atoms. The molecule has 0 unspecified atom stereocenters. The molecule has 0 atom stereocenters. The van der Waals surface area contributed by atoms with E-state index >= 15 is 0 Å². The minimum atomic E-state index is -0.357. The highest BCUT2D eigenvalue weighted by atomic mass is 32.1. The van der Waals surface area contributed by atoms with E-state index in [-0.39, 0.29) is 5.97 Å². The van der Waals surface area contributed by atoms with Gasteiger partial charge in [0, 0.05) is 25.1 Å². The van der Waals surface area contributed by atoms with Crippen molar-refractivity contribution in [2.45, 2.75) is 19.9 Å². The van der Waals surface area contributed by atoms with Crippen LogP contribution < -0.4 is 0 Å². The number of carbonyl (C=O) groups excluding carboxylic acids is 1. The van der Waals surface area contributed by atoms with Crippen LogP contribution in [-0.4, -0.2) is 45.8 Å². The summed E-state index contributed by atoms with van der Waals surface area (Å²) >= 11 is 1.59. The fourth-order valence-electron chi connectivity index (χ4n) is 3.03. The number of ether oxygens (including phenoxy) is 1. The minimum absolute atomic E-state index is 0.345. The number of fused-ring (bicyclic) bond motifs is 2. The predicted molar refractivity (Wildman–Crippen MR) is 92.7 cm³/mol. The first-order valence-electron chi connectivity index (χ1n) is 7.99. The monoisotopic (exact) mass is 342 g/mol. The molecule has 0 saturated heterocycles. The smallest absolute Gasteiger partial charge is 0.359 e. The summed E-state index contributed by atoms with van der Waals surface area (Å²) in [4.78, 5) is 19.2. The second-order valence-electron chi connectivity index (χ2n) is 5.86. The average molecular weight is 342 g/mol. The number of hydrogen-bond donors (Lipinski definition) is 0. The quantitative estimate of drug-likeness (QED) is 0.685. The lowest BCUT2D eigenvalue weighted by Crippen LogP contribution is -2.28. The van der Waals surface area contributed by atoms with Crippen molar-refractivity contribution in [2.24, 2.45) is 0 Å². The summed E-state index contributed by atoms with van der Waals surface area (Å²) in [7, 11) is 2.05. The Morgan fingerprint density at radius 3 is 3.00 bits per heavy atom. The van der Waals surface area contributed by atoms with Crippen molar-refractivity contribution >= 4 is 27.5 Å². The predicted octanol–water partition coefficient (Wildman–Crippen LogP) is 2.65. The Balaban J connectivity index is 1.86. The first kappa shape index (κ1) is 15.3. The fourth-order valence-corrected chi connectivity index (χ4v) is 3.97. The van der Waals surface area contributed by atoms with E-state index in [1.165, 1.54) is 0 Å². The molecule has 1 aliphatic rings. The average Bonchev–Trinajstić information content (AvgIpc) is 3.15. The summed E-state index contributed by atoms with van der Waals surface area (Å²) in [5.74, 6) is -0.357. The fraction of sp³-hybridized carbons (Fsp3) is 0.353.